The van der Waals surface area contributed by atoms with Crippen molar-refractivity contribution in [2.24, 2.45) is 0 Å². The maximum atomic E-state index is 8.57. The smallest absolute Gasteiger partial charge is 0.135 e. The van der Waals surface area contributed by atoms with Gasteiger partial charge in [0, 0.05) is 17.1 Å². The topological polar surface area (TPSA) is 54.6 Å². The van der Waals surface area contributed by atoms with E-state index in [-0.39, 0.29) is 6.61 Å². The van der Waals surface area contributed by atoms with Crippen LogP contribution in [0.15, 0.2) is 34.7 Å². The Hall–Kier alpha value is -1.04. The Bertz CT molecular complexity index is 572. The molecule has 0 aliphatic heterocycles. The summed E-state index contributed by atoms with van der Waals surface area (Å²) in [4.78, 5) is 0. The molecular formula is C15H17Cl2NO3. The molecule has 1 aromatic heterocycles. The lowest BCUT2D eigenvalue weighted by Crippen LogP contribution is -2.19. The van der Waals surface area contributed by atoms with Gasteiger partial charge in [-0.15, -0.1) is 0 Å². The molecule has 2 rings (SSSR count). The fraction of sp³-hybridized carbons (Fsp3) is 0.333. The van der Waals surface area contributed by atoms with Gasteiger partial charge in [-0.05, 0) is 30.3 Å². The summed E-state index contributed by atoms with van der Waals surface area (Å²) >= 11 is 12.1. The number of aliphatic hydroxyl groups is 1. The third-order valence-electron chi connectivity index (χ3n) is 2.81. The Morgan fingerprint density at radius 2 is 2.00 bits per heavy atom. The van der Waals surface area contributed by atoms with Crippen molar-refractivity contribution in [3.63, 3.8) is 0 Å². The fourth-order valence-corrected chi connectivity index (χ4v) is 2.21. The molecule has 0 fully saturated rings. The molecule has 0 atom stereocenters. The second kappa shape index (κ2) is 8.41. The van der Waals surface area contributed by atoms with Crippen LogP contribution < -0.4 is 5.32 Å². The molecule has 114 valence electrons. The Morgan fingerprint density at radius 3 is 2.81 bits per heavy atom. The molecule has 0 spiro atoms. The van der Waals surface area contributed by atoms with Gasteiger partial charge < -0.3 is 19.6 Å². The molecule has 4 nitrogen and oxygen atoms in total. The summed E-state index contributed by atoms with van der Waals surface area (Å²) in [7, 11) is 0. The molecule has 6 heteroatoms. The quantitative estimate of drug-likeness (QED) is 0.729. The highest BCUT2D eigenvalue weighted by Crippen LogP contribution is 2.31. The molecular weight excluding hydrogens is 313 g/mol. The van der Waals surface area contributed by atoms with E-state index in [0.717, 1.165) is 11.3 Å². The van der Waals surface area contributed by atoms with E-state index in [2.05, 4.69) is 5.32 Å². The monoisotopic (exact) mass is 329 g/mol. The summed E-state index contributed by atoms with van der Waals surface area (Å²) in [5.41, 5.74) is 0.779. The van der Waals surface area contributed by atoms with Gasteiger partial charge in [0.15, 0.2) is 0 Å². The van der Waals surface area contributed by atoms with Crippen LogP contribution in [-0.2, 0) is 11.3 Å². The zero-order valence-electron chi connectivity index (χ0n) is 11.4. The first kappa shape index (κ1) is 16.3. The van der Waals surface area contributed by atoms with E-state index >= 15 is 0 Å². The van der Waals surface area contributed by atoms with Crippen molar-refractivity contribution in [2.75, 3.05) is 26.4 Å². The third kappa shape index (κ3) is 5.02. The van der Waals surface area contributed by atoms with Crippen molar-refractivity contribution in [3.8, 4) is 11.3 Å². The van der Waals surface area contributed by atoms with E-state index < -0.39 is 0 Å². The number of rotatable bonds is 8. The molecule has 0 radical (unpaired) electrons. The second-order valence-electron chi connectivity index (χ2n) is 4.40. The van der Waals surface area contributed by atoms with Gasteiger partial charge in [-0.2, -0.15) is 0 Å². The number of nitrogens with one attached hydrogen (secondary N) is 1. The molecule has 2 N–H and O–H groups in total. The first-order valence-electron chi connectivity index (χ1n) is 6.64. The Morgan fingerprint density at radius 1 is 1.14 bits per heavy atom. The van der Waals surface area contributed by atoms with Crippen LogP contribution in [0.1, 0.15) is 5.76 Å². The highest BCUT2D eigenvalue weighted by molar-refractivity contribution is 6.35. The summed E-state index contributed by atoms with van der Waals surface area (Å²) in [6.45, 7) is 2.24. The van der Waals surface area contributed by atoms with Crippen molar-refractivity contribution in [2.45, 2.75) is 6.54 Å². The van der Waals surface area contributed by atoms with E-state index in [1.807, 2.05) is 12.1 Å². The van der Waals surface area contributed by atoms with Crippen LogP contribution in [0, 0.1) is 0 Å². The SMILES string of the molecule is OCCOCCNCc1ccc(-c2cc(Cl)ccc2Cl)o1. The van der Waals surface area contributed by atoms with Crippen LogP contribution in [0.3, 0.4) is 0 Å². The van der Waals surface area contributed by atoms with Crippen molar-refractivity contribution in [1.29, 1.82) is 0 Å². The molecule has 0 saturated heterocycles. The Labute approximate surface area is 133 Å². The molecule has 1 heterocycles. The van der Waals surface area contributed by atoms with Gasteiger partial charge in [0.2, 0.25) is 0 Å². The summed E-state index contributed by atoms with van der Waals surface area (Å²) in [6.07, 6.45) is 0. The number of furan rings is 1. The molecule has 0 bridgehead atoms. The van der Waals surface area contributed by atoms with E-state index in [0.29, 0.717) is 42.1 Å². The number of hydrogen-bond donors (Lipinski definition) is 2. The van der Waals surface area contributed by atoms with Crippen LogP contribution in [0.2, 0.25) is 10.0 Å². The van der Waals surface area contributed by atoms with E-state index in [9.17, 15) is 0 Å². The normalized spacial score (nSPS) is 11.0. The second-order valence-corrected chi connectivity index (χ2v) is 5.25. The number of aliphatic hydroxyl groups excluding tert-OH is 1. The van der Waals surface area contributed by atoms with Crippen LogP contribution in [0.25, 0.3) is 11.3 Å². The summed E-state index contributed by atoms with van der Waals surface area (Å²) in [5.74, 6) is 1.50. The lowest BCUT2D eigenvalue weighted by molar-refractivity contribution is 0.0936. The van der Waals surface area contributed by atoms with Gasteiger partial charge in [0.25, 0.3) is 0 Å². The minimum Gasteiger partial charge on any atom is -0.460 e. The maximum absolute atomic E-state index is 8.57. The Kier molecular flexibility index (Phi) is 6.54. The molecule has 1 aromatic carbocycles. The van der Waals surface area contributed by atoms with Crippen molar-refractivity contribution in [1.82, 2.24) is 5.32 Å². The number of halogens is 2. The number of hydrogen-bond acceptors (Lipinski definition) is 4. The number of benzene rings is 1. The minimum atomic E-state index is 0.0436. The zero-order chi connectivity index (χ0) is 15.1. The summed E-state index contributed by atoms with van der Waals surface area (Å²) in [5, 5.41) is 13.0. The van der Waals surface area contributed by atoms with Crippen molar-refractivity contribution < 1.29 is 14.3 Å². The van der Waals surface area contributed by atoms with Gasteiger partial charge in [-0.1, -0.05) is 23.2 Å². The highest BCUT2D eigenvalue weighted by Gasteiger charge is 2.09. The largest absolute Gasteiger partial charge is 0.460 e. The van der Waals surface area contributed by atoms with E-state index in [4.69, 9.17) is 37.5 Å². The van der Waals surface area contributed by atoms with Crippen molar-refractivity contribution in [3.05, 3.63) is 46.1 Å². The molecule has 2 aromatic rings. The molecule has 0 aliphatic rings. The van der Waals surface area contributed by atoms with Crippen LogP contribution in [-0.4, -0.2) is 31.5 Å². The standard InChI is InChI=1S/C15H17Cl2NO3/c16-11-1-3-14(17)13(9-11)15-4-2-12(21-15)10-18-5-7-20-8-6-19/h1-4,9,18-19H,5-8,10H2. The van der Waals surface area contributed by atoms with Crippen LogP contribution >= 0.6 is 23.2 Å². The zero-order valence-corrected chi connectivity index (χ0v) is 13.0. The fourth-order valence-electron chi connectivity index (χ4n) is 1.83. The lowest BCUT2D eigenvalue weighted by Gasteiger charge is -2.04. The molecule has 0 saturated carbocycles. The predicted octanol–water partition coefficient (Wildman–Crippen LogP) is 3.35. The van der Waals surface area contributed by atoms with Gasteiger partial charge in [0.1, 0.15) is 11.5 Å². The molecule has 21 heavy (non-hydrogen) atoms. The van der Waals surface area contributed by atoms with Gasteiger partial charge in [-0.25, -0.2) is 0 Å². The van der Waals surface area contributed by atoms with E-state index in [1.165, 1.54) is 0 Å². The summed E-state index contributed by atoms with van der Waals surface area (Å²) in [6, 6.07) is 9.04. The van der Waals surface area contributed by atoms with Crippen LogP contribution in [0.4, 0.5) is 0 Å². The predicted molar refractivity (Wildman–Crippen MR) is 83.8 cm³/mol. The minimum absolute atomic E-state index is 0.0436. The number of ether oxygens (including phenoxy) is 1. The third-order valence-corrected chi connectivity index (χ3v) is 3.38. The first-order valence-corrected chi connectivity index (χ1v) is 7.40. The summed E-state index contributed by atoms with van der Waals surface area (Å²) < 4.78 is 10.9. The molecule has 0 aliphatic carbocycles. The molecule has 0 unspecified atom stereocenters. The van der Waals surface area contributed by atoms with Gasteiger partial charge in [-0.3, -0.25) is 0 Å². The average molecular weight is 330 g/mol. The van der Waals surface area contributed by atoms with E-state index in [1.54, 1.807) is 18.2 Å². The Balaban J connectivity index is 1.88. The van der Waals surface area contributed by atoms with Crippen LogP contribution in [0.5, 0.6) is 0 Å². The average Bonchev–Trinajstić information content (AvgIpc) is 2.94. The van der Waals surface area contributed by atoms with Crippen molar-refractivity contribution >= 4 is 23.2 Å². The maximum Gasteiger partial charge on any atom is 0.135 e. The first-order chi connectivity index (χ1) is 10.2. The lowest BCUT2D eigenvalue weighted by atomic mass is 10.2. The molecule has 0 amide bonds. The van der Waals surface area contributed by atoms with Gasteiger partial charge >= 0.3 is 0 Å². The van der Waals surface area contributed by atoms with Gasteiger partial charge in [0.05, 0.1) is 31.4 Å². The highest BCUT2D eigenvalue weighted by atomic mass is 35.5.